The van der Waals surface area contributed by atoms with Crippen LogP contribution < -0.4 is 18.4 Å². The summed E-state index contributed by atoms with van der Waals surface area (Å²) in [5.41, 5.74) is 11.9. The van der Waals surface area contributed by atoms with E-state index < -0.39 is 0 Å². The van der Waals surface area contributed by atoms with Crippen molar-refractivity contribution >= 4 is 38.8 Å². The van der Waals surface area contributed by atoms with Crippen LogP contribution in [0.15, 0.2) is 109 Å². The van der Waals surface area contributed by atoms with E-state index in [0.29, 0.717) is 50.4 Å². The van der Waals surface area contributed by atoms with Crippen molar-refractivity contribution in [3.05, 3.63) is 176 Å². The normalized spacial score (nSPS) is 13.4. The van der Waals surface area contributed by atoms with Crippen molar-refractivity contribution in [2.45, 2.75) is 141 Å². The molecular formula is C60H72O4Se2. The van der Waals surface area contributed by atoms with Crippen LogP contribution in [0.25, 0.3) is 0 Å². The van der Waals surface area contributed by atoms with Gasteiger partial charge in [0.25, 0.3) is 0 Å². The second kappa shape index (κ2) is 20.0. The molecule has 2 N–H and O–H groups in total. The molecule has 1 aliphatic carbocycles. The number of hydrogen-bond donors (Lipinski definition) is 2. The van der Waals surface area contributed by atoms with Gasteiger partial charge in [-0.15, -0.1) is 0 Å². The van der Waals surface area contributed by atoms with Gasteiger partial charge in [0.05, 0.1) is 0 Å². The summed E-state index contributed by atoms with van der Waals surface area (Å²) < 4.78 is 16.8. The molecule has 7 rings (SSSR count). The molecule has 6 aromatic carbocycles. The zero-order chi connectivity index (χ0) is 47.6. The summed E-state index contributed by atoms with van der Waals surface area (Å²) in [6.07, 6.45) is 1.99. The van der Waals surface area contributed by atoms with Crippen LogP contribution in [-0.4, -0.2) is 53.3 Å². The number of hydrogen-bond acceptors (Lipinski definition) is 4. The number of fused-ring (bicyclic) bond motifs is 8. The first-order valence-corrected chi connectivity index (χ1v) is 27.8. The first-order valence-electron chi connectivity index (χ1n) is 23.7. The molecule has 0 fully saturated rings. The van der Waals surface area contributed by atoms with E-state index in [2.05, 4.69) is 192 Å². The first kappa shape index (κ1) is 49.5. The monoisotopic (exact) mass is 1020 g/mol. The standard InChI is InChI=1S/C60H72O4Se2/c1-57(2,3)47-31-39-27-43-35-49(59(7,8)9)37-45(55(43)63-23-25-65-51-19-15-13-16-20-51)29-41-33-48(58(4,5)6)34-42(54(41)62)30-46-38-50(60(10,11)12)36-44(28-40(32-47)53(39)61)56(46)64-24-26-66-52-21-17-14-18-22-52/h13-22,31-38,61-62H,23-30H2,1-12H3. The van der Waals surface area contributed by atoms with Gasteiger partial charge < -0.3 is 0 Å². The molecule has 0 spiro atoms. The van der Waals surface area contributed by atoms with Crippen LogP contribution in [0.2, 0.25) is 10.6 Å². The Kier molecular flexibility index (Phi) is 15.0. The molecule has 0 heterocycles. The average molecular weight is 1020 g/mol. The fourth-order valence-electron chi connectivity index (χ4n) is 8.66. The van der Waals surface area contributed by atoms with Crippen LogP contribution in [0.4, 0.5) is 0 Å². The second-order valence-electron chi connectivity index (χ2n) is 22.3. The quantitative estimate of drug-likeness (QED) is 0.106. The molecule has 0 aliphatic heterocycles. The number of aromatic hydroxyl groups is 2. The number of benzene rings is 6. The van der Waals surface area contributed by atoms with Gasteiger partial charge >= 0.3 is 412 Å². The van der Waals surface area contributed by atoms with Gasteiger partial charge in [0.15, 0.2) is 0 Å². The molecule has 0 amide bonds. The van der Waals surface area contributed by atoms with Gasteiger partial charge in [-0.1, -0.05) is 0 Å². The molecule has 1 aliphatic rings. The fourth-order valence-corrected chi connectivity index (χ4v) is 11.8. The summed E-state index contributed by atoms with van der Waals surface area (Å²) in [5, 5.41) is 27.2. The van der Waals surface area contributed by atoms with Gasteiger partial charge in [-0.3, -0.25) is 0 Å². The molecule has 0 radical (unpaired) electrons. The maximum absolute atomic E-state index is 12.7. The predicted molar refractivity (Wildman–Crippen MR) is 279 cm³/mol. The van der Waals surface area contributed by atoms with E-state index in [9.17, 15) is 10.2 Å². The Morgan fingerprint density at radius 3 is 0.864 bits per heavy atom. The third-order valence-electron chi connectivity index (χ3n) is 12.7. The van der Waals surface area contributed by atoms with E-state index in [1.165, 1.54) is 31.2 Å². The van der Waals surface area contributed by atoms with Crippen molar-refractivity contribution in [2.75, 3.05) is 13.2 Å². The summed E-state index contributed by atoms with van der Waals surface area (Å²) in [7, 11) is 0. The van der Waals surface area contributed by atoms with E-state index in [1.807, 2.05) is 0 Å². The van der Waals surface area contributed by atoms with E-state index in [0.717, 1.165) is 66.6 Å². The molecule has 6 heteroatoms. The molecule has 0 unspecified atom stereocenters. The Morgan fingerprint density at radius 1 is 0.379 bits per heavy atom. The summed E-state index contributed by atoms with van der Waals surface area (Å²) in [4.78, 5) is 0. The number of rotatable bonds is 10. The van der Waals surface area contributed by atoms with Crippen molar-refractivity contribution < 1.29 is 19.7 Å². The Labute approximate surface area is 409 Å². The van der Waals surface area contributed by atoms with Gasteiger partial charge in [0.2, 0.25) is 0 Å². The predicted octanol–water partition coefficient (Wildman–Crippen LogP) is 12.6. The van der Waals surface area contributed by atoms with Crippen molar-refractivity contribution in [3.63, 3.8) is 0 Å². The minimum atomic E-state index is -0.169. The zero-order valence-corrected chi connectivity index (χ0v) is 45.0. The number of ether oxygens (including phenoxy) is 2. The summed E-state index contributed by atoms with van der Waals surface area (Å²) >= 11 is 0.522. The molecule has 4 nitrogen and oxygen atoms in total. The summed E-state index contributed by atoms with van der Waals surface area (Å²) in [6.45, 7) is 28.3. The van der Waals surface area contributed by atoms with Gasteiger partial charge in [-0.2, -0.15) is 0 Å². The van der Waals surface area contributed by atoms with Crippen LogP contribution in [0.3, 0.4) is 0 Å². The van der Waals surface area contributed by atoms with Crippen molar-refractivity contribution in [1.82, 2.24) is 0 Å². The average Bonchev–Trinajstić information content (AvgIpc) is 3.23. The third-order valence-corrected chi connectivity index (χ3v) is 16.8. The molecule has 66 heavy (non-hydrogen) atoms. The molecule has 0 aromatic heterocycles. The van der Waals surface area contributed by atoms with Gasteiger partial charge in [-0.05, 0) is 0 Å². The van der Waals surface area contributed by atoms with Crippen molar-refractivity contribution in [2.24, 2.45) is 0 Å². The van der Waals surface area contributed by atoms with E-state index in [4.69, 9.17) is 9.47 Å². The van der Waals surface area contributed by atoms with Gasteiger partial charge in [0.1, 0.15) is 0 Å². The minimum absolute atomic E-state index is 0.160. The first-order chi connectivity index (χ1) is 31.0. The van der Waals surface area contributed by atoms with Crippen molar-refractivity contribution in [3.8, 4) is 23.0 Å². The molecule has 0 saturated carbocycles. The van der Waals surface area contributed by atoms with Crippen LogP contribution in [0.1, 0.15) is 150 Å². The van der Waals surface area contributed by atoms with E-state index in [1.54, 1.807) is 0 Å². The van der Waals surface area contributed by atoms with Gasteiger partial charge in [-0.25, -0.2) is 0 Å². The Hall–Kier alpha value is -4.44. The van der Waals surface area contributed by atoms with Crippen LogP contribution in [0.5, 0.6) is 23.0 Å². The number of phenolic OH excluding ortho intramolecular Hbond substituents is 2. The summed E-state index contributed by atoms with van der Waals surface area (Å²) in [5.74, 6) is 2.37. The van der Waals surface area contributed by atoms with Crippen molar-refractivity contribution in [1.29, 1.82) is 0 Å². The SMILES string of the molecule is CC(C)(C)c1cc2c(O)c(c1)Cc1cc(C(C)(C)C)cc(c1OCC[Se]c1ccccc1)Cc1cc(C(C)(C)C)cc(c1O)Cc1cc(C(C)(C)C)cc(c1OCC[Se]c1ccccc1)C2. The van der Waals surface area contributed by atoms with Crippen LogP contribution >= 0.6 is 0 Å². The molecule has 0 saturated heterocycles. The second-order valence-corrected chi connectivity index (χ2v) is 27.2. The molecule has 348 valence electrons. The molecule has 8 bridgehead atoms. The Balaban J connectivity index is 1.46. The molecule has 0 atom stereocenters. The van der Waals surface area contributed by atoms with Crippen LogP contribution in [-0.2, 0) is 47.3 Å². The zero-order valence-electron chi connectivity index (χ0n) is 41.6. The Morgan fingerprint density at radius 2 is 0.621 bits per heavy atom. The third kappa shape index (κ3) is 12.2. The van der Waals surface area contributed by atoms with E-state index >= 15 is 0 Å². The maximum atomic E-state index is 12.7. The molecular weight excluding hydrogens is 943 g/mol. The van der Waals surface area contributed by atoms with Gasteiger partial charge in [0, 0.05) is 0 Å². The number of phenols is 2. The molecule has 6 aromatic rings. The van der Waals surface area contributed by atoms with Crippen LogP contribution in [0, 0.1) is 0 Å². The fraction of sp³-hybridized carbons (Fsp3) is 0.400. The summed E-state index contributed by atoms with van der Waals surface area (Å²) in [6, 6.07) is 39.5. The topological polar surface area (TPSA) is 58.9 Å². The van der Waals surface area contributed by atoms with E-state index in [-0.39, 0.29) is 51.6 Å². The Bertz CT molecular complexity index is 2360.